The van der Waals surface area contributed by atoms with Crippen molar-refractivity contribution in [2.45, 2.75) is 13.0 Å². The Labute approximate surface area is 126 Å². The van der Waals surface area contributed by atoms with E-state index in [1.54, 1.807) is 31.2 Å². The summed E-state index contributed by atoms with van der Waals surface area (Å²) in [5.74, 6) is -0.237. The Hall–Kier alpha value is -2.24. The van der Waals surface area contributed by atoms with Gasteiger partial charge in [0.15, 0.2) is 0 Å². The van der Waals surface area contributed by atoms with Crippen LogP contribution in [0.1, 0.15) is 17.3 Å². The monoisotopic (exact) mass is 305 g/mol. The van der Waals surface area contributed by atoms with Crippen molar-refractivity contribution in [2.24, 2.45) is 5.11 Å². The topological polar surface area (TPSA) is 92.1 Å². The van der Waals surface area contributed by atoms with E-state index in [0.29, 0.717) is 11.1 Å². The first kappa shape index (κ1) is 16.8. The molecular formula is C14H15N3O3S. The Kier molecular flexibility index (Phi) is 7.08. The minimum atomic E-state index is -0.591. The molecule has 0 aliphatic rings. The molecule has 0 radical (unpaired) electrons. The number of benzene rings is 1. The summed E-state index contributed by atoms with van der Waals surface area (Å²) in [5.41, 5.74) is 9.46. The summed E-state index contributed by atoms with van der Waals surface area (Å²) >= 11 is 1.04. The van der Waals surface area contributed by atoms with Crippen molar-refractivity contribution in [3.8, 4) is 0 Å². The first-order valence-electron chi connectivity index (χ1n) is 6.11. The number of esters is 1. The number of carbonyl (C=O) groups is 2. The van der Waals surface area contributed by atoms with Gasteiger partial charge in [-0.05, 0) is 12.5 Å². The maximum Gasteiger partial charge on any atom is 0.333 e. The molecule has 0 saturated carbocycles. The van der Waals surface area contributed by atoms with Crippen LogP contribution >= 0.6 is 11.8 Å². The molecule has 0 aliphatic heterocycles. The highest BCUT2D eigenvalue weighted by Gasteiger charge is 2.12. The van der Waals surface area contributed by atoms with Crippen LogP contribution in [0.15, 0.2) is 47.1 Å². The van der Waals surface area contributed by atoms with Gasteiger partial charge in [-0.3, -0.25) is 4.79 Å². The zero-order valence-corrected chi connectivity index (χ0v) is 12.5. The fourth-order valence-corrected chi connectivity index (χ4v) is 2.31. The molecule has 1 atom stereocenters. The molecule has 0 heterocycles. The Balaban J connectivity index is 2.70. The van der Waals surface area contributed by atoms with Gasteiger partial charge in [-0.2, -0.15) is 0 Å². The van der Waals surface area contributed by atoms with Gasteiger partial charge in [-0.1, -0.05) is 53.3 Å². The van der Waals surface area contributed by atoms with Crippen molar-refractivity contribution in [1.29, 1.82) is 0 Å². The number of thioether (sulfide) groups is 1. The average Bonchev–Trinajstić information content (AvgIpc) is 2.52. The lowest BCUT2D eigenvalue weighted by molar-refractivity contribution is -0.136. The van der Waals surface area contributed by atoms with E-state index >= 15 is 0 Å². The first-order chi connectivity index (χ1) is 10.1. The molecule has 0 N–H and O–H groups in total. The molecule has 0 aliphatic carbocycles. The molecule has 1 aromatic carbocycles. The van der Waals surface area contributed by atoms with E-state index in [2.05, 4.69) is 14.8 Å². The molecule has 0 fully saturated rings. The number of hydrogen-bond acceptors (Lipinski definition) is 5. The van der Waals surface area contributed by atoms with E-state index in [4.69, 9.17) is 5.53 Å². The van der Waals surface area contributed by atoms with Crippen molar-refractivity contribution in [1.82, 2.24) is 0 Å². The number of hydrogen-bond donors (Lipinski definition) is 0. The molecule has 0 saturated heterocycles. The maximum atomic E-state index is 11.9. The summed E-state index contributed by atoms with van der Waals surface area (Å²) in [5, 5.41) is 3.46. The molecule has 7 heteroatoms. The van der Waals surface area contributed by atoms with Gasteiger partial charge in [0.1, 0.15) is 0 Å². The molecule has 110 valence electrons. The number of ether oxygens (including phenoxy) is 1. The lowest BCUT2D eigenvalue weighted by Crippen LogP contribution is -2.10. The minimum Gasteiger partial charge on any atom is -0.466 e. The SMILES string of the molecule is COC(=O)/C(C)=C/[C@@H](CSC(=O)c1ccccc1)N=[N+]=[N-]. The second kappa shape index (κ2) is 8.84. The minimum absolute atomic E-state index is 0.113. The molecule has 6 nitrogen and oxygen atoms in total. The van der Waals surface area contributed by atoms with Gasteiger partial charge in [0.2, 0.25) is 5.12 Å². The van der Waals surface area contributed by atoms with Gasteiger partial charge in [0, 0.05) is 21.8 Å². The predicted octanol–water partition coefficient (Wildman–Crippen LogP) is 3.36. The molecule has 1 rings (SSSR count). The van der Waals surface area contributed by atoms with Crippen LogP contribution in [0.3, 0.4) is 0 Å². The van der Waals surface area contributed by atoms with Gasteiger partial charge in [0.05, 0.1) is 13.2 Å². The van der Waals surface area contributed by atoms with Crippen molar-refractivity contribution in [3.05, 3.63) is 58.0 Å². The summed E-state index contributed by atoms with van der Waals surface area (Å²) in [6.45, 7) is 1.56. The predicted molar refractivity (Wildman–Crippen MR) is 81.9 cm³/mol. The van der Waals surface area contributed by atoms with Crippen LogP contribution in [0, 0.1) is 0 Å². The zero-order valence-electron chi connectivity index (χ0n) is 11.7. The van der Waals surface area contributed by atoms with Crippen molar-refractivity contribution >= 4 is 22.8 Å². The van der Waals surface area contributed by atoms with Gasteiger partial charge in [0.25, 0.3) is 0 Å². The second-order valence-electron chi connectivity index (χ2n) is 4.08. The van der Waals surface area contributed by atoms with Crippen LogP contribution in [0.5, 0.6) is 0 Å². The van der Waals surface area contributed by atoms with E-state index in [1.807, 2.05) is 6.07 Å². The van der Waals surface area contributed by atoms with Crippen LogP contribution < -0.4 is 0 Å². The third kappa shape index (κ3) is 5.72. The number of nitrogens with zero attached hydrogens (tertiary/aromatic N) is 3. The lowest BCUT2D eigenvalue weighted by Gasteiger charge is -2.07. The fourth-order valence-electron chi connectivity index (χ4n) is 1.52. The van der Waals surface area contributed by atoms with E-state index in [0.717, 1.165) is 11.8 Å². The van der Waals surface area contributed by atoms with Gasteiger partial charge in [-0.25, -0.2) is 4.79 Å². The highest BCUT2D eigenvalue weighted by molar-refractivity contribution is 8.14. The van der Waals surface area contributed by atoms with E-state index in [9.17, 15) is 9.59 Å². The second-order valence-corrected chi connectivity index (χ2v) is 5.07. The Morgan fingerprint density at radius 1 is 1.43 bits per heavy atom. The average molecular weight is 305 g/mol. The van der Waals surface area contributed by atoms with Gasteiger partial charge >= 0.3 is 5.97 Å². The Bertz CT molecular complexity index is 580. The van der Waals surface area contributed by atoms with Crippen molar-refractivity contribution in [2.75, 3.05) is 12.9 Å². The third-order valence-corrected chi connectivity index (χ3v) is 3.55. The van der Waals surface area contributed by atoms with Crippen LogP contribution in [0.25, 0.3) is 10.4 Å². The third-order valence-electron chi connectivity index (χ3n) is 2.54. The summed E-state index contributed by atoms with van der Waals surface area (Å²) in [4.78, 5) is 26.0. The van der Waals surface area contributed by atoms with Crippen LogP contribution in [0.4, 0.5) is 0 Å². The highest BCUT2D eigenvalue weighted by atomic mass is 32.2. The lowest BCUT2D eigenvalue weighted by atomic mass is 10.2. The molecule has 0 amide bonds. The van der Waals surface area contributed by atoms with E-state index in [1.165, 1.54) is 13.2 Å². The van der Waals surface area contributed by atoms with Gasteiger partial charge in [-0.15, -0.1) is 0 Å². The molecule has 0 bridgehead atoms. The molecule has 0 aromatic heterocycles. The number of azide groups is 1. The number of methoxy groups -OCH3 is 1. The van der Waals surface area contributed by atoms with E-state index in [-0.39, 0.29) is 10.9 Å². The number of carbonyl (C=O) groups excluding carboxylic acids is 2. The largest absolute Gasteiger partial charge is 0.466 e. The van der Waals surface area contributed by atoms with Gasteiger partial charge < -0.3 is 4.74 Å². The van der Waals surface area contributed by atoms with Crippen LogP contribution in [-0.2, 0) is 9.53 Å². The Morgan fingerprint density at radius 2 is 2.10 bits per heavy atom. The highest BCUT2D eigenvalue weighted by Crippen LogP contribution is 2.16. The molecule has 1 aromatic rings. The molecule has 0 unspecified atom stereocenters. The summed E-state index contributed by atoms with van der Waals surface area (Å²) in [7, 11) is 1.27. The van der Waals surface area contributed by atoms with Crippen molar-refractivity contribution in [3.63, 3.8) is 0 Å². The quantitative estimate of drug-likeness (QED) is 0.265. The normalized spacial score (nSPS) is 12.2. The standard InChI is InChI=1S/C14H15N3O3S/c1-10(13(18)20-2)8-12(16-17-15)9-21-14(19)11-6-4-3-5-7-11/h3-8,12H,9H2,1-2H3/b10-8+/t12-/m0/s1. The summed E-state index contributed by atoms with van der Waals surface area (Å²) in [6.07, 6.45) is 1.50. The maximum absolute atomic E-state index is 11.9. The van der Waals surface area contributed by atoms with Crippen molar-refractivity contribution < 1.29 is 14.3 Å². The zero-order chi connectivity index (χ0) is 15.7. The molecular weight excluding hydrogens is 290 g/mol. The number of rotatable bonds is 6. The Morgan fingerprint density at radius 3 is 2.67 bits per heavy atom. The van der Waals surface area contributed by atoms with E-state index < -0.39 is 12.0 Å². The van der Waals surface area contributed by atoms with Crippen LogP contribution in [0.2, 0.25) is 0 Å². The summed E-state index contributed by atoms with van der Waals surface area (Å²) in [6, 6.07) is 8.22. The smallest absolute Gasteiger partial charge is 0.333 e. The molecule has 0 spiro atoms. The fraction of sp³-hybridized carbons (Fsp3) is 0.286. The first-order valence-corrected chi connectivity index (χ1v) is 7.10. The summed E-state index contributed by atoms with van der Waals surface area (Å²) < 4.78 is 4.57. The molecule has 21 heavy (non-hydrogen) atoms. The van der Waals surface area contributed by atoms with Crippen LogP contribution in [-0.4, -0.2) is 30.0 Å².